The Morgan fingerprint density at radius 1 is 0.317 bits per heavy atom. The molecule has 282 valence electrons. The molecule has 2 aromatic heterocycles. The molecule has 0 N–H and O–H groups in total. The number of rotatable bonds is 8. The van der Waals surface area contributed by atoms with Gasteiger partial charge in [-0.3, -0.25) is 0 Å². The molecule has 0 amide bonds. The average Bonchev–Trinajstić information content (AvgIpc) is 3.67. The summed E-state index contributed by atoms with van der Waals surface area (Å²) in [6.07, 6.45) is 0. The average molecular weight is 768 g/mol. The summed E-state index contributed by atoms with van der Waals surface area (Å²) in [5.74, 6) is 1.92. The van der Waals surface area contributed by atoms with Crippen molar-refractivity contribution >= 4 is 49.6 Å². The number of nitrogens with zero attached hydrogens (tertiary/aromatic N) is 5. The molecule has 0 saturated heterocycles. The SMILES string of the molecule is c1ccc(-c2nc(-c3ccccc3)nc(-c3cccc(-c4ccc5c(c4)c4c6ccccc6c(N(c6ccccc6)c6ccccc6)cc4n5-c4ccccc4)c3)n2)cc1. The number of hydrogen-bond donors (Lipinski definition) is 0. The molecule has 9 aromatic carbocycles. The van der Waals surface area contributed by atoms with E-state index < -0.39 is 0 Å². The highest BCUT2D eigenvalue weighted by molar-refractivity contribution is 6.25. The van der Waals surface area contributed by atoms with Crippen LogP contribution in [-0.2, 0) is 0 Å². The molecule has 0 radical (unpaired) electrons. The highest BCUT2D eigenvalue weighted by Crippen LogP contribution is 2.46. The molecule has 0 aliphatic heterocycles. The Labute approximate surface area is 348 Å². The quantitative estimate of drug-likeness (QED) is 0.154. The van der Waals surface area contributed by atoms with Crippen LogP contribution in [0.1, 0.15) is 0 Å². The fraction of sp³-hybridized carbons (Fsp3) is 0. The summed E-state index contributed by atoms with van der Waals surface area (Å²) in [6, 6.07) is 78.8. The lowest BCUT2D eigenvalue weighted by Crippen LogP contribution is -2.10. The van der Waals surface area contributed by atoms with Gasteiger partial charge in [0.05, 0.1) is 16.7 Å². The van der Waals surface area contributed by atoms with E-state index in [-0.39, 0.29) is 0 Å². The lowest BCUT2D eigenvalue weighted by Gasteiger charge is -2.27. The van der Waals surface area contributed by atoms with E-state index in [9.17, 15) is 0 Å². The molecule has 5 nitrogen and oxygen atoms in total. The van der Waals surface area contributed by atoms with Gasteiger partial charge in [-0.05, 0) is 77.2 Å². The number of benzene rings is 9. The first-order valence-corrected chi connectivity index (χ1v) is 20.2. The van der Waals surface area contributed by atoms with Crippen molar-refractivity contribution in [3.05, 3.63) is 224 Å². The van der Waals surface area contributed by atoms with Crippen LogP contribution < -0.4 is 4.90 Å². The van der Waals surface area contributed by atoms with Crippen molar-refractivity contribution in [2.75, 3.05) is 4.90 Å². The largest absolute Gasteiger partial charge is 0.310 e. The molecular weight excluding hydrogens is 731 g/mol. The molecule has 11 rings (SSSR count). The van der Waals surface area contributed by atoms with Crippen molar-refractivity contribution in [1.82, 2.24) is 19.5 Å². The maximum absolute atomic E-state index is 5.03. The zero-order chi connectivity index (χ0) is 39.8. The van der Waals surface area contributed by atoms with Crippen LogP contribution in [0.5, 0.6) is 0 Å². The van der Waals surface area contributed by atoms with Crippen molar-refractivity contribution in [3.8, 4) is 51.0 Å². The molecule has 5 heteroatoms. The van der Waals surface area contributed by atoms with Crippen LogP contribution >= 0.6 is 0 Å². The number of anilines is 3. The van der Waals surface area contributed by atoms with Crippen molar-refractivity contribution in [3.63, 3.8) is 0 Å². The highest BCUT2D eigenvalue weighted by atomic mass is 15.1. The summed E-state index contributed by atoms with van der Waals surface area (Å²) >= 11 is 0. The number of aromatic nitrogens is 4. The molecule has 0 aliphatic rings. The molecule has 0 atom stereocenters. The molecule has 0 saturated carbocycles. The number of fused-ring (bicyclic) bond motifs is 5. The van der Waals surface area contributed by atoms with Crippen LogP contribution in [0.4, 0.5) is 17.1 Å². The van der Waals surface area contributed by atoms with E-state index in [0.717, 1.165) is 61.6 Å². The van der Waals surface area contributed by atoms with E-state index in [4.69, 9.17) is 15.0 Å². The van der Waals surface area contributed by atoms with Gasteiger partial charge in [0.25, 0.3) is 0 Å². The van der Waals surface area contributed by atoms with Gasteiger partial charge in [-0.25, -0.2) is 15.0 Å². The van der Waals surface area contributed by atoms with E-state index in [0.29, 0.717) is 17.5 Å². The van der Waals surface area contributed by atoms with Gasteiger partial charge in [0.15, 0.2) is 17.5 Å². The van der Waals surface area contributed by atoms with E-state index in [1.807, 2.05) is 60.7 Å². The molecule has 0 fully saturated rings. The fourth-order valence-corrected chi connectivity index (χ4v) is 8.44. The highest BCUT2D eigenvalue weighted by Gasteiger charge is 2.22. The van der Waals surface area contributed by atoms with E-state index >= 15 is 0 Å². The fourth-order valence-electron chi connectivity index (χ4n) is 8.44. The smallest absolute Gasteiger partial charge is 0.164 e. The van der Waals surface area contributed by atoms with Crippen LogP contribution in [0.2, 0.25) is 0 Å². The lowest BCUT2D eigenvalue weighted by molar-refractivity contribution is 1.07. The van der Waals surface area contributed by atoms with E-state index in [1.165, 1.54) is 21.5 Å². The third-order valence-corrected chi connectivity index (χ3v) is 11.2. The van der Waals surface area contributed by atoms with Gasteiger partial charge < -0.3 is 9.47 Å². The minimum absolute atomic E-state index is 0.631. The zero-order valence-corrected chi connectivity index (χ0v) is 32.6. The van der Waals surface area contributed by atoms with E-state index in [2.05, 4.69) is 173 Å². The first kappa shape index (κ1) is 35.0. The summed E-state index contributed by atoms with van der Waals surface area (Å²) in [5, 5.41) is 4.77. The van der Waals surface area contributed by atoms with Crippen molar-refractivity contribution in [2.24, 2.45) is 0 Å². The topological polar surface area (TPSA) is 46.8 Å². The summed E-state index contributed by atoms with van der Waals surface area (Å²) in [5.41, 5.74) is 11.7. The maximum atomic E-state index is 5.03. The van der Waals surface area contributed by atoms with Gasteiger partial charge in [-0.1, -0.05) is 164 Å². The third kappa shape index (κ3) is 6.26. The predicted octanol–water partition coefficient (Wildman–Crippen LogP) is 14.3. The Bertz CT molecular complexity index is 3200. The molecule has 0 unspecified atom stereocenters. The van der Waals surface area contributed by atoms with Gasteiger partial charge >= 0.3 is 0 Å². The van der Waals surface area contributed by atoms with Crippen molar-refractivity contribution in [1.29, 1.82) is 0 Å². The van der Waals surface area contributed by atoms with Crippen LogP contribution in [0.15, 0.2) is 224 Å². The molecule has 0 aliphatic carbocycles. The van der Waals surface area contributed by atoms with E-state index in [1.54, 1.807) is 0 Å². The minimum Gasteiger partial charge on any atom is -0.310 e. The standard InChI is InChI=1S/C55H37N5/c1-6-19-38(20-7-1)53-56-54(39-21-8-2-9-22-39)58-55(57-53)42-24-18-23-40(35-42)41-33-34-49-48(36-41)52-47-32-17-16-31-46(47)50(37-51(52)60(49)45-29-14-5-15-30-45)59(43-25-10-3-11-26-43)44-27-12-4-13-28-44/h1-37H. The second-order valence-corrected chi connectivity index (χ2v) is 14.9. The zero-order valence-electron chi connectivity index (χ0n) is 32.6. The molecule has 60 heavy (non-hydrogen) atoms. The van der Waals surface area contributed by atoms with Crippen LogP contribution in [-0.4, -0.2) is 19.5 Å². The molecule has 0 bridgehead atoms. The Balaban J connectivity index is 1.12. The van der Waals surface area contributed by atoms with Gasteiger partial charge in [0, 0.05) is 49.9 Å². The first-order valence-electron chi connectivity index (χ1n) is 20.2. The number of hydrogen-bond acceptors (Lipinski definition) is 4. The molecule has 2 heterocycles. The van der Waals surface area contributed by atoms with Gasteiger partial charge in [0.2, 0.25) is 0 Å². The Hall–Kier alpha value is -8.15. The summed E-state index contributed by atoms with van der Waals surface area (Å²) < 4.78 is 2.41. The second kappa shape index (κ2) is 15.0. The monoisotopic (exact) mass is 767 g/mol. The minimum atomic E-state index is 0.631. The molecular formula is C55H37N5. The Morgan fingerprint density at radius 3 is 1.38 bits per heavy atom. The Kier molecular flexibility index (Phi) is 8.75. The lowest BCUT2D eigenvalue weighted by atomic mass is 9.97. The summed E-state index contributed by atoms with van der Waals surface area (Å²) in [6.45, 7) is 0. The third-order valence-electron chi connectivity index (χ3n) is 11.2. The van der Waals surface area contributed by atoms with Gasteiger partial charge in [-0.15, -0.1) is 0 Å². The molecule has 11 aromatic rings. The number of para-hydroxylation sites is 3. The molecule has 0 spiro atoms. The second-order valence-electron chi connectivity index (χ2n) is 14.9. The predicted molar refractivity (Wildman–Crippen MR) is 248 cm³/mol. The first-order chi connectivity index (χ1) is 29.8. The van der Waals surface area contributed by atoms with Crippen molar-refractivity contribution < 1.29 is 0 Å². The van der Waals surface area contributed by atoms with Crippen LogP contribution in [0.3, 0.4) is 0 Å². The summed E-state index contributed by atoms with van der Waals surface area (Å²) in [4.78, 5) is 17.4. The maximum Gasteiger partial charge on any atom is 0.164 e. The van der Waals surface area contributed by atoms with Crippen molar-refractivity contribution in [2.45, 2.75) is 0 Å². The van der Waals surface area contributed by atoms with Gasteiger partial charge in [-0.2, -0.15) is 0 Å². The summed E-state index contributed by atoms with van der Waals surface area (Å²) in [7, 11) is 0. The van der Waals surface area contributed by atoms with Crippen LogP contribution in [0, 0.1) is 0 Å². The van der Waals surface area contributed by atoms with Gasteiger partial charge in [0.1, 0.15) is 0 Å². The normalized spacial score (nSPS) is 11.3. The van der Waals surface area contributed by atoms with Crippen LogP contribution in [0.25, 0.3) is 83.6 Å². The Morgan fingerprint density at radius 2 is 0.783 bits per heavy atom.